The van der Waals surface area contributed by atoms with E-state index >= 15 is 0 Å². The Labute approximate surface area is 90.5 Å². The fourth-order valence-electron chi connectivity index (χ4n) is 1.53. The van der Waals surface area contributed by atoms with E-state index in [1.807, 2.05) is 25.1 Å². The Kier molecular flexibility index (Phi) is 4.00. The van der Waals surface area contributed by atoms with Crippen molar-refractivity contribution in [3.8, 4) is 0 Å². The molecule has 0 spiro atoms. The summed E-state index contributed by atoms with van der Waals surface area (Å²) in [6.45, 7) is 3.77. The molecule has 0 aliphatic heterocycles. The average Bonchev–Trinajstić information content (AvgIpc) is 2.18. The predicted molar refractivity (Wildman–Crippen MR) is 60.4 cm³/mol. The highest BCUT2D eigenvalue weighted by atomic mass is 16.7. The van der Waals surface area contributed by atoms with Gasteiger partial charge in [-0.3, -0.25) is 0 Å². The van der Waals surface area contributed by atoms with Crippen molar-refractivity contribution in [2.75, 3.05) is 14.2 Å². The van der Waals surface area contributed by atoms with E-state index in [2.05, 4.69) is 0 Å². The van der Waals surface area contributed by atoms with Gasteiger partial charge in [-0.2, -0.15) is 0 Å². The lowest BCUT2D eigenvalue weighted by Crippen LogP contribution is -2.05. The molecule has 0 bridgehead atoms. The van der Waals surface area contributed by atoms with Gasteiger partial charge in [0.2, 0.25) is 0 Å². The van der Waals surface area contributed by atoms with Gasteiger partial charge in [0, 0.05) is 25.5 Å². The van der Waals surface area contributed by atoms with Crippen molar-refractivity contribution in [3.63, 3.8) is 0 Å². The molecule has 0 saturated heterocycles. The van der Waals surface area contributed by atoms with Crippen LogP contribution in [0, 0.1) is 12.3 Å². The van der Waals surface area contributed by atoms with E-state index in [1.165, 1.54) is 0 Å². The zero-order chi connectivity index (χ0) is 11.4. The molecular formula is C12H17NO2. The van der Waals surface area contributed by atoms with Crippen LogP contribution >= 0.6 is 0 Å². The lowest BCUT2D eigenvalue weighted by atomic mass is 10.0. The van der Waals surface area contributed by atoms with Crippen molar-refractivity contribution < 1.29 is 9.47 Å². The maximum absolute atomic E-state index is 7.60. The monoisotopic (exact) mass is 207 g/mol. The zero-order valence-corrected chi connectivity index (χ0v) is 9.63. The first-order valence-electron chi connectivity index (χ1n) is 4.81. The summed E-state index contributed by atoms with van der Waals surface area (Å²) >= 11 is 0. The molecule has 0 atom stereocenters. The third-order valence-electron chi connectivity index (χ3n) is 2.23. The Hall–Kier alpha value is -1.19. The summed E-state index contributed by atoms with van der Waals surface area (Å²) in [6, 6.07) is 5.91. The first kappa shape index (κ1) is 11.9. The van der Waals surface area contributed by atoms with Crippen LogP contribution in [0.3, 0.4) is 0 Å². The van der Waals surface area contributed by atoms with Crippen LogP contribution < -0.4 is 0 Å². The minimum Gasteiger partial charge on any atom is -0.352 e. The minimum atomic E-state index is -0.358. The minimum absolute atomic E-state index is 0.358. The normalized spacial score (nSPS) is 10.7. The van der Waals surface area contributed by atoms with Crippen molar-refractivity contribution in [2.24, 2.45) is 0 Å². The van der Waals surface area contributed by atoms with Gasteiger partial charge in [0.05, 0.1) is 0 Å². The number of hydrogen-bond donors (Lipinski definition) is 1. The SMILES string of the molecule is COC(OC)c1cc(C)cc(C(C)=N)c1. The number of rotatable bonds is 4. The highest BCUT2D eigenvalue weighted by Gasteiger charge is 2.10. The molecule has 3 nitrogen and oxygen atoms in total. The third kappa shape index (κ3) is 2.88. The Morgan fingerprint density at radius 2 is 1.80 bits per heavy atom. The smallest absolute Gasteiger partial charge is 0.183 e. The third-order valence-corrected chi connectivity index (χ3v) is 2.23. The molecule has 0 heterocycles. The average molecular weight is 207 g/mol. The predicted octanol–water partition coefficient (Wildman–Crippen LogP) is 2.67. The molecule has 1 aromatic carbocycles. The van der Waals surface area contributed by atoms with Crippen LogP contribution in [0.2, 0.25) is 0 Å². The summed E-state index contributed by atoms with van der Waals surface area (Å²) in [4.78, 5) is 0. The topological polar surface area (TPSA) is 42.3 Å². The highest BCUT2D eigenvalue weighted by molar-refractivity contribution is 5.96. The van der Waals surface area contributed by atoms with E-state index in [0.717, 1.165) is 16.7 Å². The summed E-state index contributed by atoms with van der Waals surface area (Å²) in [5, 5.41) is 7.60. The summed E-state index contributed by atoms with van der Waals surface area (Å²) in [5.41, 5.74) is 3.50. The van der Waals surface area contributed by atoms with E-state index in [-0.39, 0.29) is 6.29 Å². The van der Waals surface area contributed by atoms with Crippen LogP contribution in [0.25, 0.3) is 0 Å². The molecule has 0 radical (unpaired) electrons. The number of aryl methyl sites for hydroxylation is 1. The van der Waals surface area contributed by atoms with E-state index in [9.17, 15) is 0 Å². The lowest BCUT2D eigenvalue weighted by molar-refractivity contribution is -0.106. The van der Waals surface area contributed by atoms with E-state index < -0.39 is 0 Å². The summed E-state index contributed by atoms with van der Waals surface area (Å²) in [7, 11) is 3.21. The van der Waals surface area contributed by atoms with E-state index in [4.69, 9.17) is 14.9 Å². The van der Waals surface area contributed by atoms with Crippen LogP contribution in [-0.2, 0) is 9.47 Å². The second-order valence-electron chi connectivity index (χ2n) is 3.56. The van der Waals surface area contributed by atoms with Gasteiger partial charge in [-0.15, -0.1) is 0 Å². The number of benzene rings is 1. The Morgan fingerprint density at radius 1 is 1.20 bits per heavy atom. The number of nitrogens with one attached hydrogen (secondary N) is 1. The summed E-state index contributed by atoms with van der Waals surface area (Å²) in [5.74, 6) is 0. The molecule has 1 N–H and O–H groups in total. The largest absolute Gasteiger partial charge is 0.352 e. The fourth-order valence-corrected chi connectivity index (χ4v) is 1.53. The van der Waals surface area contributed by atoms with Crippen LogP contribution in [0.1, 0.15) is 29.9 Å². The second-order valence-corrected chi connectivity index (χ2v) is 3.56. The zero-order valence-electron chi connectivity index (χ0n) is 9.63. The molecule has 0 aliphatic rings. The van der Waals surface area contributed by atoms with Crippen LogP contribution in [0.4, 0.5) is 0 Å². The molecule has 0 aliphatic carbocycles. The van der Waals surface area contributed by atoms with Gasteiger partial charge in [-0.05, 0) is 25.5 Å². The molecule has 0 saturated carbocycles. The van der Waals surface area contributed by atoms with Crippen LogP contribution in [0.15, 0.2) is 18.2 Å². The molecule has 82 valence electrons. The Balaban J connectivity index is 3.13. The maximum atomic E-state index is 7.60. The summed E-state index contributed by atoms with van der Waals surface area (Å²) in [6.07, 6.45) is -0.358. The van der Waals surface area contributed by atoms with Crippen molar-refractivity contribution in [1.29, 1.82) is 5.41 Å². The molecule has 0 aromatic heterocycles. The summed E-state index contributed by atoms with van der Waals surface area (Å²) < 4.78 is 10.4. The first-order chi connectivity index (χ1) is 7.08. The molecule has 0 fully saturated rings. The molecule has 0 unspecified atom stereocenters. The van der Waals surface area contributed by atoms with Gasteiger partial charge in [-0.1, -0.05) is 17.7 Å². The number of hydrogen-bond acceptors (Lipinski definition) is 3. The molecule has 1 aromatic rings. The van der Waals surface area contributed by atoms with Gasteiger partial charge >= 0.3 is 0 Å². The molecule has 1 rings (SSSR count). The van der Waals surface area contributed by atoms with Crippen molar-refractivity contribution in [1.82, 2.24) is 0 Å². The highest BCUT2D eigenvalue weighted by Crippen LogP contribution is 2.20. The molecular weight excluding hydrogens is 190 g/mol. The van der Waals surface area contributed by atoms with Crippen molar-refractivity contribution in [2.45, 2.75) is 20.1 Å². The maximum Gasteiger partial charge on any atom is 0.183 e. The first-order valence-corrected chi connectivity index (χ1v) is 4.81. The van der Waals surface area contributed by atoms with Gasteiger partial charge < -0.3 is 14.9 Å². The van der Waals surface area contributed by atoms with Crippen LogP contribution in [0.5, 0.6) is 0 Å². The quantitative estimate of drug-likeness (QED) is 0.609. The Bertz CT molecular complexity index is 357. The number of ether oxygens (including phenoxy) is 2. The van der Waals surface area contributed by atoms with Gasteiger partial charge in [0.25, 0.3) is 0 Å². The lowest BCUT2D eigenvalue weighted by Gasteiger charge is -2.15. The number of methoxy groups -OCH3 is 2. The van der Waals surface area contributed by atoms with Crippen molar-refractivity contribution in [3.05, 3.63) is 34.9 Å². The molecule has 0 amide bonds. The van der Waals surface area contributed by atoms with Gasteiger partial charge in [0.1, 0.15) is 0 Å². The van der Waals surface area contributed by atoms with Crippen LogP contribution in [-0.4, -0.2) is 19.9 Å². The van der Waals surface area contributed by atoms with Crippen molar-refractivity contribution >= 4 is 5.71 Å². The van der Waals surface area contributed by atoms with Gasteiger partial charge in [-0.25, -0.2) is 0 Å². The standard InChI is InChI=1S/C12H17NO2/c1-8-5-10(9(2)13)7-11(6-8)12(14-3)15-4/h5-7,12-13H,1-4H3. The van der Waals surface area contributed by atoms with E-state index in [1.54, 1.807) is 21.1 Å². The molecule has 15 heavy (non-hydrogen) atoms. The van der Waals surface area contributed by atoms with E-state index in [0.29, 0.717) is 5.71 Å². The molecule has 3 heteroatoms. The second kappa shape index (κ2) is 5.05. The Morgan fingerprint density at radius 3 is 2.27 bits per heavy atom. The fraction of sp³-hybridized carbons (Fsp3) is 0.417. The van der Waals surface area contributed by atoms with Gasteiger partial charge in [0.15, 0.2) is 6.29 Å².